The van der Waals surface area contributed by atoms with Gasteiger partial charge in [0.25, 0.3) is 0 Å². The van der Waals surface area contributed by atoms with Gasteiger partial charge in [0.15, 0.2) is 0 Å². The Morgan fingerprint density at radius 1 is 1.50 bits per heavy atom. The highest BCUT2D eigenvalue weighted by molar-refractivity contribution is 7.85. The Morgan fingerprint density at radius 3 is 2.67 bits per heavy atom. The van der Waals surface area contributed by atoms with Crippen LogP contribution in [0.5, 0.6) is 0 Å². The Morgan fingerprint density at radius 2 is 2.17 bits per heavy atom. The van der Waals surface area contributed by atoms with E-state index < -0.39 is 11.0 Å². The molecule has 66 valence electrons. The number of aryl methyl sites for hydroxylation is 1. The standard InChI is InChI=1S/C8H10ClNOS/c1-6-5-7(9)3-4-8(6)10-12(2)11/h3-5,10H,1-2H3. The Balaban J connectivity index is 2.93. The highest BCUT2D eigenvalue weighted by atomic mass is 35.5. The number of anilines is 1. The van der Waals surface area contributed by atoms with E-state index >= 15 is 0 Å². The molecule has 0 amide bonds. The van der Waals surface area contributed by atoms with Gasteiger partial charge in [0.05, 0.1) is 0 Å². The zero-order valence-corrected chi connectivity index (χ0v) is 8.50. The summed E-state index contributed by atoms with van der Waals surface area (Å²) in [5, 5.41) is 0.694. The van der Waals surface area contributed by atoms with Crippen molar-refractivity contribution >= 4 is 28.3 Å². The van der Waals surface area contributed by atoms with E-state index in [1.165, 1.54) is 0 Å². The van der Waals surface area contributed by atoms with Crippen LogP contribution in [0.15, 0.2) is 18.2 Å². The molecule has 0 radical (unpaired) electrons. The maximum atomic E-state index is 10.8. The Hall–Kier alpha value is -0.540. The average molecular weight is 204 g/mol. The lowest BCUT2D eigenvalue weighted by molar-refractivity contribution is 0.690. The van der Waals surface area contributed by atoms with Gasteiger partial charge < -0.3 is 4.72 Å². The number of nitrogens with one attached hydrogen (secondary N) is 1. The molecular weight excluding hydrogens is 194 g/mol. The summed E-state index contributed by atoms with van der Waals surface area (Å²) >= 11 is 5.75. The largest absolute Gasteiger partial charge is 0.305 e. The van der Waals surface area contributed by atoms with Crippen molar-refractivity contribution < 1.29 is 4.21 Å². The van der Waals surface area contributed by atoms with Gasteiger partial charge in [-0.05, 0) is 30.7 Å². The molecule has 1 rings (SSSR count). The van der Waals surface area contributed by atoms with Gasteiger partial charge in [0.2, 0.25) is 0 Å². The summed E-state index contributed by atoms with van der Waals surface area (Å²) in [6.45, 7) is 1.92. The molecule has 0 saturated heterocycles. The first-order valence-electron chi connectivity index (χ1n) is 3.46. The predicted octanol–water partition coefficient (Wildman–Crippen LogP) is 2.35. The lowest BCUT2D eigenvalue weighted by Gasteiger charge is -2.05. The fourth-order valence-electron chi connectivity index (χ4n) is 0.896. The van der Waals surface area contributed by atoms with Crippen LogP contribution in [0.4, 0.5) is 5.69 Å². The van der Waals surface area contributed by atoms with E-state index in [-0.39, 0.29) is 0 Å². The summed E-state index contributed by atoms with van der Waals surface area (Å²) < 4.78 is 13.6. The topological polar surface area (TPSA) is 29.1 Å². The van der Waals surface area contributed by atoms with E-state index in [0.29, 0.717) is 5.02 Å². The van der Waals surface area contributed by atoms with E-state index in [4.69, 9.17) is 11.6 Å². The van der Waals surface area contributed by atoms with E-state index in [9.17, 15) is 4.21 Å². The highest BCUT2D eigenvalue weighted by Crippen LogP contribution is 2.19. The molecule has 1 atom stereocenters. The van der Waals surface area contributed by atoms with Gasteiger partial charge in [0, 0.05) is 17.0 Å². The van der Waals surface area contributed by atoms with Crippen LogP contribution in [0, 0.1) is 6.92 Å². The lowest BCUT2D eigenvalue weighted by Crippen LogP contribution is -2.02. The molecule has 0 heterocycles. The minimum atomic E-state index is -1.03. The minimum absolute atomic E-state index is 0.694. The number of hydrogen-bond donors (Lipinski definition) is 1. The van der Waals surface area contributed by atoms with Gasteiger partial charge in [-0.2, -0.15) is 0 Å². The smallest absolute Gasteiger partial charge is 0.113 e. The van der Waals surface area contributed by atoms with E-state index in [1.54, 1.807) is 12.3 Å². The van der Waals surface area contributed by atoms with Crippen molar-refractivity contribution in [3.05, 3.63) is 28.8 Å². The van der Waals surface area contributed by atoms with Crippen LogP contribution in [-0.4, -0.2) is 10.5 Å². The molecule has 0 aliphatic rings. The van der Waals surface area contributed by atoms with Crippen LogP contribution in [-0.2, 0) is 11.0 Å². The van der Waals surface area contributed by atoms with E-state index in [2.05, 4.69) is 4.72 Å². The predicted molar refractivity (Wildman–Crippen MR) is 53.9 cm³/mol. The van der Waals surface area contributed by atoms with Crippen molar-refractivity contribution in [2.45, 2.75) is 6.92 Å². The second-order valence-corrected chi connectivity index (χ2v) is 4.06. The van der Waals surface area contributed by atoms with Crippen LogP contribution in [0.2, 0.25) is 5.02 Å². The number of rotatable bonds is 2. The summed E-state index contributed by atoms with van der Waals surface area (Å²) in [6.07, 6.45) is 1.59. The molecule has 1 aromatic carbocycles. The van der Waals surface area contributed by atoms with Gasteiger partial charge in [-0.25, -0.2) is 4.21 Å². The van der Waals surface area contributed by atoms with Gasteiger partial charge in [-0.1, -0.05) is 11.6 Å². The molecule has 0 spiro atoms. The molecule has 2 nitrogen and oxygen atoms in total. The molecule has 4 heteroatoms. The van der Waals surface area contributed by atoms with Crippen LogP contribution in [0.3, 0.4) is 0 Å². The van der Waals surface area contributed by atoms with E-state index in [0.717, 1.165) is 11.3 Å². The van der Waals surface area contributed by atoms with Crippen molar-refractivity contribution in [2.75, 3.05) is 11.0 Å². The van der Waals surface area contributed by atoms with Gasteiger partial charge >= 0.3 is 0 Å². The zero-order valence-electron chi connectivity index (χ0n) is 6.93. The Kier molecular flexibility index (Phi) is 3.12. The minimum Gasteiger partial charge on any atom is -0.305 e. The molecule has 0 aliphatic heterocycles. The third-order valence-corrected chi connectivity index (χ3v) is 2.18. The number of benzene rings is 1. The van der Waals surface area contributed by atoms with Crippen molar-refractivity contribution in [1.29, 1.82) is 0 Å². The maximum absolute atomic E-state index is 10.8. The normalized spacial score (nSPS) is 12.6. The average Bonchev–Trinajstić information content (AvgIpc) is 1.94. The summed E-state index contributed by atoms with van der Waals surface area (Å²) in [7, 11) is -1.03. The summed E-state index contributed by atoms with van der Waals surface area (Å²) in [4.78, 5) is 0. The van der Waals surface area contributed by atoms with Crippen molar-refractivity contribution in [3.8, 4) is 0 Å². The first kappa shape index (κ1) is 9.55. The first-order chi connectivity index (χ1) is 5.59. The SMILES string of the molecule is Cc1cc(Cl)ccc1NS(C)=O. The first-order valence-corrected chi connectivity index (χ1v) is 5.39. The molecule has 1 N–H and O–H groups in total. The molecular formula is C8H10ClNOS. The summed E-state index contributed by atoms with van der Waals surface area (Å²) in [5.41, 5.74) is 1.86. The second kappa shape index (κ2) is 3.92. The molecule has 0 fully saturated rings. The van der Waals surface area contributed by atoms with Gasteiger partial charge in [-0.15, -0.1) is 0 Å². The fourth-order valence-corrected chi connectivity index (χ4v) is 1.66. The van der Waals surface area contributed by atoms with E-state index in [1.807, 2.05) is 19.1 Å². The molecule has 0 aromatic heterocycles. The van der Waals surface area contributed by atoms with Crippen molar-refractivity contribution in [2.24, 2.45) is 0 Å². The van der Waals surface area contributed by atoms with Crippen LogP contribution in [0.25, 0.3) is 0 Å². The molecule has 0 bridgehead atoms. The molecule has 12 heavy (non-hydrogen) atoms. The second-order valence-electron chi connectivity index (χ2n) is 2.52. The van der Waals surface area contributed by atoms with Crippen molar-refractivity contribution in [3.63, 3.8) is 0 Å². The number of halogens is 1. The third-order valence-electron chi connectivity index (χ3n) is 1.44. The van der Waals surface area contributed by atoms with Crippen molar-refractivity contribution in [1.82, 2.24) is 0 Å². The van der Waals surface area contributed by atoms with Crippen LogP contribution >= 0.6 is 11.6 Å². The Bertz CT molecular complexity index is 314. The molecule has 1 unspecified atom stereocenters. The number of hydrogen-bond acceptors (Lipinski definition) is 1. The maximum Gasteiger partial charge on any atom is 0.113 e. The molecule has 0 aliphatic carbocycles. The Labute approximate surface area is 79.5 Å². The van der Waals surface area contributed by atoms with Crippen LogP contribution < -0.4 is 4.72 Å². The summed E-state index contributed by atoms with van der Waals surface area (Å²) in [6, 6.07) is 5.42. The van der Waals surface area contributed by atoms with Crippen LogP contribution in [0.1, 0.15) is 5.56 Å². The quantitative estimate of drug-likeness (QED) is 0.786. The molecule has 0 saturated carbocycles. The highest BCUT2D eigenvalue weighted by Gasteiger charge is 1.98. The monoisotopic (exact) mass is 203 g/mol. The fraction of sp³-hybridized carbons (Fsp3) is 0.250. The zero-order chi connectivity index (χ0) is 9.14. The van der Waals surface area contributed by atoms with Gasteiger partial charge in [-0.3, -0.25) is 0 Å². The van der Waals surface area contributed by atoms with Gasteiger partial charge in [0.1, 0.15) is 11.0 Å². The third kappa shape index (κ3) is 2.50. The molecule has 1 aromatic rings. The lowest BCUT2D eigenvalue weighted by atomic mass is 10.2. The summed E-state index contributed by atoms with van der Waals surface area (Å²) in [5.74, 6) is 0.